The largest absolute Gasteiger partial charge is 0.444 e. The minimum Gasteiger partial charge on any atom is -0.444 e. The third kappa shape index (κ3) is 4.20. The lowest BCUT2D eigenvalue weighted by atomic mass is 10.1. The van der Waals surface area contributed by atoms with Gasteiger partial charge in [0.15, 0.2) is 0 Å². The number of nitrogens with zero attached hydrogens (tertiary/aromatic N) is 4. The van der Waals surface area contributed by atoms with Gasteiger partial charge in [0.2, 0.25) is 4.96 Å². The molecule has 2 N–H and O–H groups in total. The number of rotatable bonds is 2. The van der Waals surface area contributed by atoms with Crippen LogP contribution in [-0.2, 0) is 4.74 Å². The Bertz CT molecular complexity index is 1210. The van der Waals surface area contributed by atoms with Crippen LogP contribution in [0.5, 0.6) is 0 Å². The van der Waals surface area contributed by atoms with Crippen molar-refractivity contribution in [3.05, 3.63) is 52.5 Å². The molecule has 0 fully saturated rings. The van der Waals surface area contributed by atoms with Crippen LogP contribution in [0, 0.1) is 0 Å². The number of nitrogens with two attached hydrogens (primary N) is 1. The number of benzene rings is 1. The second-order valence-corrected chi connectivity index (χ2v) is 9.07. The normalized spacial score (nSPS) is 14.6. The van der Waals surface area contributed by atoms with E-state index in [1.54, 1.807) is 11.0 Å². The number of carbonyl (C=O) groups excluding carboxylic acids is 1. The van der Waals surface area contributed by atoms with Crippen LogP contribution in [0.3, 0.4) is 0 Å². The van der Waals surface area contributed by atoms with Crippen LogP contribution >= 0.6 is 11.3 Å². The molecule has 9 heteroatoms. The smallest absolute Gasteiger partial charge is 0.410 e. The summed E-state index contributed by atoms with van der Waals surface area (Å²) in [5.41, 5.74) is 8.12. The van der Waals surface area contributed by atoms with Gasteiger partial charge in [0.25, 0.3) is 5.56 Å². The standard InChI is InChI=1S/C21H23N5O3S/c1-21(2,3)29-20(28)25-9-7-13(8-10-25)16-12-17(27)26-19(23-16)30-18(24-26)14-5-4-6-15(22)11-14/h4-7,11-12H,8-10,22H2,1-3H3. The molecular formula is C21H23N5O3S. The van der Waals surface area contributed by atoms with Gasteiger partial charge >= 0.3 is 6.09 Å². The molecule has 0 aliphatic carbocycles. The lowest BCUT2D eigenvalue weighted by molar-refractivity contribution is 0.0270. The zero-order chi connectivity index (χ0) is 21.5. The Balaban J connectivity index is 1.60. The van der Waals surface area contributed by atoms with Crippen molar-refractivity contribution in [3.63, 3.8) is 0 Å². The average molecular weight is 426 g/mol. The zero-order valence-electron chi connectivity index (χ0n) is 17.1. The quantitative estimate of drug-likeness (QED) is 0.631. The van der Waals surface area contributed by atoms with Crippen LogP contribution in [0.4, 0.5) is 10.5 Å². The summed E-state index contributed by atoms with van der Waals surface area (Å²) in [6, 6.07) is 8.86. The van der Waals surface area contributed by atoms with E-state index in [1.807, 2.05) is 45.0 Å². The average Bonchev–Trinajstić information content (AvgIpc) is 3.12. The number of hydrogen-bond acceptors (Lipinski definition) is 7. The summed E-state index contributed by atoms with van der Waals surface area (Å²) in [5, 5.41) is 5.07. The van der Waals surface area contributed by atoms with Crippen LogP contribution in [0.2, 0.25) is 0 Å². The summed E-state index contributed by atoms with van der Waals surface area (Å²) < 4.78 is 6.73. The van der Waals surface area contributed by atoms with Crippen LogP contribution in [0.1, 0.15) is 32.9 Å². The van der Waals surface area contributed by atoms with Crippen molar-refractivity contribution in [3.8, 4) is 10.6 Å². The fourth-order valence-electron chi connectivity index (χ4n) is 3.16. The second kappa shape index (κ2) is 7.56. The van der Waals surface area contributed by atoms with Gasteiger partial charge in [-0.1, -0.05) is 29.5 Å². The van der Waals surface area contributed by atoms with Crippen molar-refractivity contribution in [1.29, 1.82) is 0 Å². The maximum atomic E-state index is 12.6. The Hall–Kier alpha value is -3.20. The number of hydrogen-bond donors (Lipinski definition) is 1. The summed E-state index contributed by atoms with van der Waals surface area (Å²) in [7, 11) is 0. The third-order valence-electron chi connectivity index (χ3n) is 4.57. The summed E-state index contributed by atoms with van der Waals surface area (Å²) in [4.78, 5) is 31.7. The Kier molecular flexibility index (Phi) is 5.07. The molecule has 1 aliphatic rings. The molecule has 3 heterocycles. The van der Waals surface area contributed by atoms with Gasteiger partial charge in [-0.3, -0.25) is 4.79 Å². The molecule has 0 spiro atoms. The first-order valence-electron chi connectivity index (χ1n) is 9.64. The van der Waals surface area contributed by atoms with Gasteiger partial charge < -0.3 is 15.4 Å². The van der Waals surface area contributed by atoms with Gasteiger partial charge in [-0.15, -0.1) is 0 Å². The zero-order valence-corrected chi connectivity index (χ0v) is 17.9. The predicted molar refractivity (Wildman–Crippen MR) is 117 cm³/mol. The highest BCUT2D eigenvalue weighted by molar-refractivity contribution is 7.19. The lowest BCUT2D eigenvalue weighted by Crippen LogP contribution is -2.39. The van der Waals surface area contributed by atoms with Crippen LogP contribution in [0.15, 0.2) is 41.2 Å². The first-order valence-corrected chi connectivity index (χ1v) is 10.5. The van der Waals surface area contributed by atoms with Gasteiger partial charge in [-0.05, 0) is 44.9 Å². The van der Waals surface area contributed by atoms with Crippen LogP contribution in [0.25, 0.3) is 21.1 Å². The SMILES string of the molecule is CC(C)(C)OC(=O)N1CC=C(c2cc(=O)n3nc(-c4cccc(N)c4)sc3n2)CC1. The van der Waals surface area contributed by atoms with Crippen molar-refractivity contribution < 1.29 is 9.53 Å². The lowest BCUT2D eigenvalue weighted by Gasteiger charge is -2.29. The van der Waals surface area contributed by atoms with E-state index in [0.29, 0.717) is 40.9 Å². The molecule has 1 aliphatic heterocycles. The van der Waals surface area contributed by atoms with Crippen molar-refractivity contribution in [2.75, 3.05) is 18.8 Å². The molecule has 3 aromatic rings. The first-order chi connectivity index (χ1) is 14.2. The van der Waals surface area contributed by atoms with Gasteiger partial charge in [0.1, 0.15) is 10.6 Å². The van der Waals surface area contributed by atoms with E-state index >= 15 is 0 Å². The molecule has 0 bridgehead atoms. The van der Waals surface area contributed by atoms with Crippen molar-refractivity contribution in [2.45, 2.75) is 32.8 Å². The monoisotopic (exact) mass is 425 g/mol. The van der Waals surface area contributed by atoms with Crippen molar-refractivity contribution >= 4 is 33.7 Å². The highest BCUT2D eigenvalue weighted by Crippen LogP contribution is 2.27. The van der Waals surface area contributed by atoms with Gasteiger partial charge in [0.05, 0.1) is 5.69 Å². The minimum atomic E-state index is -0.532. The summed E-state index contributed by atoms with van der Waals surface area (Å²) >= 11 is 1.34. The van der Waals surface area contributed by atoms with Crippen molar-refractivity contribution in [1.82, 2.24) is 19.5 Å². The molecule has 0 saturated heterocycles. The molecule has 0 unspecified atom stereocenters. The molecule has 8 nitrogen and oxygen atoms in total. The molecule has 2 aromatic heterocycles. The fraction of sp³-hybridized carbons (Fsp3) is 0.333. The molecule has 1 amide bonds. The third-order valence-corrected chi connectivity index (χ3v) is 5.53. The molecule has 1 aromatic carbocycles. The molecule has 30 heavy (non-hydrogen) atoms. The Morgan fingerprint density at radius 1 is 1.27 bits per heavy atom. The molecule has 0 radical (unpaired) electrons. The van der Waals surface area contributed by atoms with Crippen molar-refractivity contribution in [2.24, 2.45) is 0 Å². The van der Waals surface area contributed by atoms with Crippen LogP contribution < -0.4 is 11.3 Å². The highest BCUT2D eigenvalue weighted by Gasteiger charge is 2.24. The Morgan fingerprint density at radius 2 is 2.07 bits per heavy atom. The highest BCUT2D eigenvalue weighted by atomic mass is 32.1. The van der Waals surface area contributed by atoms with E-state index in [1.165, 1.54) is 21.9 Å². The number of amides is 1. The van der Waals surface area contributed by atoms with E-state index in [9.17, 15) is 9.59 Å². The maximum Gasteiger partial charge on any atom is 0.410 e. The van der Waals surface area contributed by atoms with Crippen LogP contribution in [-0.4, -0.2) is 44.3 Å². The molecule has 0 atom stereocenters. The summed E-state index contributed by atoms with van der Waals surface area (Å²) in [6.07, 6.45) is 2.18. The number of anilines is 1. The number of ether oxygens (including phenoxy) is 1. The molecule has 0 saturated carbocycles. The Labute approximate surface area is 177 Å². The first kappa shape index (κ1) is 20.1. The molecule has 156 valence electrons. The van der Waals surface area contributed by atoms with Gasteiger partial charge in [-0.2, -0.15) is 9.61 Å². The number of carbonyl (C=O) groups is 1. The Morgan fingerprint density at radius 3 is 2.73 bits per heavy atom. The fourth-order valence-corrected chi connectivity index (χ4v) is 4.06. The number of fused-ring (bicyclic) bond motifs is 1. The second-order valence-electron chi connectivity index (χ2n) is 8.11. The summed E-state index contributed by atoms with van der Waals surface area (Å²) in [5.74, 6) is 0. The minimum absolute atomic E-state index is 0.239. The topological polar surface area (TPSA) is 103 Å². The van der Waals surface area contributed by atoms with E-state index in [0.717, 1.165) is 11.1 Å². The maximum absolute atomic E-state index is 12.6. The molecular weight excluding hydrogens is 402 g/mol. The predicted octanol–water partition coefficient (Wildman–Crippen LogP) is 3.42. The van der Waals surface area contributed by atoms with E-state index in [4.69, 9.17) is 10.5 Å². The van der Waals surface area contributed by atoms with Gasteiger partial charge in [-0.25, -0.2) is 9.78 Å². The van der Waals surface area contributed by atoms with E-state index in [2.05, 4.69) is 10.1 Å². The van der Waals surface area contributed by atoms with E-state index in [-0.39, 0.29) is 11.7 Å². The molecule has 4 rings (SSSR count). The van der Waals surface area contributed by atoms with E-state index < -0.39 is 5.60 Å². The number of aromatic nitrogens is 3. The van der Waals surface area contributed by atoms with Gasteiger partial charge in [0, 0.05) is 30.4 Å². The number of nitrogen functional groups attached to an aromatic ring is 1. The summed E-state index contributed by atoms with van der Waals surface area (Å²) in [6.45, 7) is 6.46.